The minimum absolute atomic E-state index is 0.323. The van der Waals surface area contributed by atoms with Crippen LogP contribution < -0.4 is 0 Å². The molecule has 5 heteroatoms. The number of rotatable bonds is 3. The van der Waals surface area contributed by atoms with Crippen LogP contribution in [0.2, 0.25) is 0 Å². The SMILES string of the molecule is OCCC(F)(F)c1cccc(Br)n1. The molecule has 1 rings (SSSR count). The first-order chi connectivity index (χ1) is 6.06. The van der Waals surface area contributed by atoms with Crippen LogP contribution in [0.25, 0.3) is 0 Å². The van der Waals surface area contributed by atoms with Crippen molar-refractivity contribution in [2.45, 2.75) is 12.3 Å². The summed E-state index contributed by atoms with van der Waals surface area (Å²) in [5.74, 6) is -3.06. The van der Waals surface area contributed by atoms with Crippen molar-refractivity contribution in [1.82, 2.24) is 4.98 Å². The Morgan fingerprint density at radius 3 is 2.69 bits per heavy atom. The monoisotopic (exact) mass is 251 g/mol. The van der Waals surface area contributed by atoms with Crippen LogP contribution in [0.15, 0.2) is 22.8 Å². The van der Waals surface area contributed by atoms with Gasteiger partial charge in [-0.05, 0) is 28.1 Å². The van der Waals surface area contributed by atoms with E-state index in [1.54, 1.807) is 6.07 Å². The van der Waals surface area contributed by atoms with Crippen LogP contribution in [0.3, 0.4) is 0 Å². The van der Waals surface area contributed by atoms with Crippen LogP contribution in [0.1, 0.15) is 12.1 Å². The molecule has 0 unspecified atom stereocenters. The van der Waals surface area contributed by atoms with Crippen LogP contribution in [0.5, 0.6) is 0 Å². The van der Waals surface area contributed by atoms with Gasteiger partial charge in [0.05, 0.1) is 0 Å². The van der Waals surface area contributed by atoms with Gasteiger partial charge in [0.25, 0.3) is 5.92 Å². The van der Waals surface area contributed by atoms with E-state index in [2.05, 4.69) is 20.9 Å². The fourth-order valence-corrected chi connectivity index (χ4v) is 1.22. The molecule has 0 amide bonds. The maximum Gasteiger partial charge on any atom is 0.291 e. The average Bonchev–Trinajstić information content (AvgIpc) is 2.04. The van der Waals surface area contributed by atoms with Crippen molar-refractivity contribution in [2.75, 3.05) is 6.61 Å². The first kappa shape index (κ1) is 10.5. The van der Waals surface area contributed by atoms with E-state index >= 15 is 0 Å². The predicted octanol–water partition coefficient (Wildman–Crippen LogP) is 2.32. The number of nitrogens with zero attached hydrogens (tertiary/aromatic N) is 1. The molecule has 1 aromatic heterocycles. The van der Waals surface area contributed by atoms with Gasteiger partial charge in [-0.1, -0.05) is 6.07 Å². The highest BCUT2D eigenvalue weighted by molar-refractivity contribution is 9.10. The Kier molecular flexibility index (Phi) is 3.33. The number of hydrogen-bond donors (Lipinski definition) is 1. The summed E-state index contributed by atoms with van der Waals surface area (Å²) in [6, 6.07) is 4.29. The second-order valence-corrected chi connectivity index (χ2v) is 3.34. The molecule has 0 aromatic carbocycles. The lowest BCUT2D eigenvalue weighted by molar-refractivity contribution is -0.0311. The molecule has 0 aliphatic carbocycles. The third-order valence-corrected chi connectivity index (χ3v) is 1.96. The Bertz CT molecular complexity index is 293. The summed E-state index contributed by atoms with van der Waals surface area (Å²) in [5.41, 5.74) is -0.323. The van der Waals surface area contributed by atoms with E-state index < -0.39 is 19.0 Å². The van der Waals surface area contributed by atoms with Crippen molar-refractivity contribution < 1.29 is 13.9 Å². The topological polar surface area (TPSA) is 33.1 Å². The molecule has 13 heavy (non-hydrogen) atoms. The third-order valence-electron chi connectivity index (χ3n) is 1.52. The molecule has 0 saturated heterocycles. The zero-order valence-corrected chi connectivity index (χ0v) is 8.26. The molecule has 0 bridgehead atoms. The number of alkyl halides is 2. The first-order valence-corrected chi connectivity index (χ1v) is 4.47. The van der Waals surface area contributed by atoms with E-state index in [1.165, 1.54) is 12.1 Å². The van der Waals surface area contributed by atoms with E-state index in [9.17, 15) is 8.78 Å². The molecular weight excluding hydrogens is 244 g/mol. The van der Waals surface area contributed by atoms with Gasteiger partial charge in [-0.15, -0.1) is 0 Å². The minimum atomic E-state index is -3.06. The Hall–Kier alpha value is -0.550. The average molecular weight is 252 g/mol. The molecule has 72 valence electrons. The number of aromatic nitrogens is 1. The second kappa shape index (κ2) is 4.11. The van der Waals surface area contributed by atoms with Crippen molar-refractivity contribution >= 4 is 15.9 Å². The largest absolute Gasteiger partial charge is 0.396 e. The molecule has 0 fully saturated rings. The highest BCUT2D eigenvalue weighted by Gasteiger charge is 2.32. The van der Waals surface area contributed by atoms with Crippen molar-refractivity contribution in [3.05, 3.63) is 28.5 Å². The van der Waals surface area contributed by atoms with E-state index in [0.29, 0.717) is 4.60 Å². The highest BCUT2D eigenvalue weighted by Crippen LogP contribution is 2.30. The Morgan fingerprint density at radius 1 is 1.46 bits per heavy atom. The maximum absolute atomic E-state index is 13.1. The van der Waals surface area contributed by atoms with Crippen molar-refractivity contribution in [2.24, 2.45) is 0 Å². The van der Waals surface area contributed by atoms with Crippen LogP contribution >= 0.6 is 15.9 Å². The van der Waals surface area contributed by atoms with Gasteiger partial charge in [0.1, 0.15) is 10.3 Å². The van der Waals surface area contributed by atoms with Gasteiger partial charge in [-0.2, -0.15) is 8.78 Å². The molecule has 2 nitrogen and oxygen atoms in total. The molecule has 0 atom stereocenters. The normalized spacial score (nSPS) is 11.7. The molecule has 0 radical (unpaired) electrons. The first-order valence-electron chi connectivity index (χ1n) is 3.68. The standard InChI is InChI=1S/C8H8BrF2NO/c9-7-3-1-2-6(12-7)8(10,11)4-5-13/h1-3,13H,4-5H2. The van der Waals surface area contributed by atoms with Gasteiger partial charge < -0.3 is 5.11 Å². The molecule has 0 aliphatic rings. The Balaban J connectivity index is 2.93. The Morgan fingerprint density at radius 2 is 2.15 bits per heavy atom. The van der Waals surface area contributed by atoms with E-state index in [0.717, 1.165) is 0 Å². The number of hydrogen-bond acceptors (Lipinski definition) is 2. The smallest absolute Gasteiger partial charge is 0.291 e. The van der Waals surface area contributed by atoms with Gasteiger partial charge in [0.15, 0.2) is 0 Å². The summed E-state index contributed by atoms with van der Waals surface area (Å²) in [5, 5.41) is 8.41. The summed E-state index contributed by atoms with van der Waals surface area (Å²) >= 11 is 3.00. The fraction of sp³-hybridized carbons (Fsp3) is 0.375. The van der Waals surface area contributed by atoms with Gasteiger partial charge in [0.2, 0.25) is 0 Å². The number of pyridine rings is 1. The van der Waals surface area contributed by atoms with Crippen LogP contribution in [0.4, 0.5) is 8.78 Å². The van der Waals surface area contributed by atoms with E-state index in [4.69, 9.17) is 5.11 Å². The quantitative estimate of drug-likeness (QED) is 0.837. The van der Waals surface area contributed by atoms with E-state index in [-0.39, 0.29) is 5.69 Å². The lowest BCUT2D eigenvalue weighted by atomic mass is 10.1. The fourth-order valence-electron chi connectivity index (χ4n) is 0.880. The summed E-state index contributed by atoms with van der Waals surface area (Å²) in [7, 11) is 0. The summed E-state index contributed by atoms with van der Waals surface area (Å²) in [6.07, 6.45) is -0.601. The molecule has 1 N–H and O–H groups in total. The number of aliphatic hydroxyl groups excluding tert-OH is 1. The molecule has 0 spiro atoms. The van der Waals surface area contributed by atoms with E-state index in [1.807, 2.05) is 0 Å². The van der Waals surface area contributed by atoms with Crippen molar-refractivity contribution in [3.8, 4) is 0 Å². The second-order valence-electron chi connectivity index (χ2n) is 2.52. The number of aliphatic hydroxyl groups is 1. The highest BCUT2D eigenvalue weighted by atomic mass is 79.9. The number of halogens is 3. The lowest BCUT2D eigenvalue weighted by Crippen LogP contribution is -2.16. The zero-order chi connectivity index (χ0) is 9.90. The molecule has 1 aromatic rings. The van der Waals surface area contributed by atoms with Gasteiger partial charge >= 0.3 is 0 Å². The van der Waals surface area contributed by atoms with Crippen molar-refractivity contribution in [1.29, 1.82) is 0 Å². The molecule has 1 heterocycles. The van der Waals surface area contributed by atoms with Crippen molar-refractivity contribution in [3.63, 3.8) is 0 Å². The van der Waals surface area contributed by atoms with Gasteiger partial charge in [-0.3, -0.25) is 0 Å². The third kappa shape index (κ3) is 2.70. The molecule has 0 aliphatic heterocycles. The Labute approximate surface area is 82.7 Å². The maximum atomic E-state index is 13.1. The summed E-state index contributed by atoms with van der Waals surface area (Å²) in [4.78, 5) is 3.62. The predicted molar refractivity (Wildman–Crippen MR) is 47.5 cm³/mol. The summed E-state index contributed by atoms with van der Waals surface area (Å²) < 4.78 is 26.5. The van der Waals surface area contributed by atoms with Gasteiger partial charge in [-0.25, -0.2) is 4.98 Å². The molecule has 0 saturated carbocycles. The van der Waals surface area contributed by atoms with Crippen LogP contribution in [0, 0.1) is 0 Å². The van der Waals surface area contributed by atoms with Crippen LogP contribution in [-0.2, 0) is 5.92 Å². The zero-order valence-electron chi connectivity index (χ0n) is 6.67. The summed E-state index contributed by atoms with van der Waals surface area (Å²) in [6.45, 7) is -0.554. The van der Waals surface area contributed by atoms with Gasteiger partial charge in [0, 0.05) is 13.0 Å². The lowest BCUT2D eigenvalue weighted by Gasteiger charge is -2.13. The van der Waals surface area contributed by atoms with Crippen LogP contribution in [-0.4, -0.2) is 16.7 Å². The molecular formula is C8H8BrF2NO. The minimum Gasteiger partial charge on any atom is -0.396 e.